The fourth-order valence-electron chi connectivity index (χ4n) is 3.50. The molecule has 1 amide bonds. The van der Waals surface area contributed by atoms with E-state index in [1.54, 1.807) is 0 Å². The van der Waals surface area contributed by atoms with Crippen molar-refractivity contribution >= 4 is 5.91 Å². The Bertz CT molecular complexity index is 725. The van der Waals surface area contributed by atoms with Crippen LogP contribution in [0.25, 0.3) is 0 Å². The summed E-state index contributed by atoms with van der Waals surface area (Å²) < 4.78 is 0. The largest absolute Gasteiger partial charge is 0.338 e. The third-order valence-electron chi connectivity index (χ3n) is 4.93. The van der Waals surface area contributed by atoms with Crippen LogP contribution < -0.4 is 5.32 Å². The smallest absolute Gasteiger partial charge is 0.227 e. The molecule has 24 heavy (non-hydrogen) atoms. The molecule has 2 aliphatic heterocycles. The fraction of sp³-hybridized carbons (Fsp3) is 0.421. The zero-order valence-electron chi connectivity index (χ0n) is 13.7. The summed E-state index contributed by atoms with van der Waals surface area (Å²) in [5, 5.41) is 3.36. The van der Waals surface area contributed by atoms with Gasteiger partial charge in [0.1, 0.15) is 5.82 Å². The van der Waals surface area contributed by atoms with E-state index in [-0.39, 0.29) is 5.91 Å². The summed E-state index contributed by atoms with van der Waals surface area (Å²) >= 11 is 0. The third-order valence-corrected chi connectivity index (χ3v) is 4.93. The number of hydrogen-bond donors (Lipinski definition) is 1. The molecule has 1 fully saturated rings. The quantitative estimate of drug-likeness (QED) is 0.934. The minimum atomic E-state index is 0.177. The Hall–Kier alpha value is -2.27. The number of carbonyl (C=O) groups excluding carboxylic acids is 1. The van der Waals surface area contributed by atoms with Crippen LogP contribution in [-0.4, -0.2) is 40.4 Å². The highest BCUT2D eigenvalue weighted by Crippen LogP contribution is 2.23. The first-order valence-corrected chi connectivity index (χ1v) is 8.67. The second kappa shape index (κ2) is 6.69. The van der Waals surface area contributed by atoms with E-state index < -0.39 is 0 Å². The van der Waals surface area contributed by atoms with Crippen LogP contribution in [-0.2, 0) is 24.2 Å². The van der Waals surface area contributed by atoms with Crippen LogP contribution in [0.5, 0.6) is 0 Å². The lowest BCUT2D eigenvalue weighted by Gasteiger charge is -2.28. The summed E-state index contributed by atoms with van der Waals surface area (Å²) in [4.78, 5) is 23.8. The minimum Gasteiger partial charge on any atom is -0.338 e. The summed E-state index contributed by atoms with van der Waals surface area (Å²) in [6.07, 6.45) is 4.33. The van der Waals surface area contributed by atoms with Crippen molar-refractivity contribution in [2.75, 3.05) is 19.6 Å². The van der Waals surface area contributed by atoms with Crippen molar-refractivity contribution in [2.24, 2.45) is 0 Å². The molecule has 1 atom stereocenters. The SMILES string of the molecule is O=C(Cc1ccccc1)N1CCc2nc([C@H]3CCNC3)ncc2C1. The van der Waals surface area contributed by atoms with Crippen LogP contribution in [0.3, 0.4) is 0 Å². The highest BCUT2D eigenvalue weighted by molar-refractivity contribution is 5.79. The number of rotatable bonds is 3. The number of carbonyl (C=O) groups is 1. The first kappa shape index (κ1) is 15.3. The van der Waals surface area contributed by atoms with Gasteiger partial charge in [0.2, 0.25) is 5.91 Å². The molecule has 1 aromatic heterocycles. The maximum absolute atomic E-state index is 12.5. The van der Waals surface area contributed by atoms with Gasteiger partial charge in [0.05, 0.1) is 12.1 Å². The van der Waals surface area contributed by atoms with Gasteiger partial charge in [-0.05, 0) is 18.5 Å². The maximum atomic E-state index is 12.5. The molecule has 0 spiro atoms. The lowest BCUT2D eigenvalue weighted by Crippen LogP contribution is -2.37. The second-order valence-corrected chi connectivity index (χ2v) is 6.62. The molecule has 1 N–H and O–H groups in total. The van der Waals surface area contributed by atoms with Gasteiger partial charge in [0, 0.05) is 43.7 Å². The number of amides is 1. The highest BCUT2D eigenvalue weighted by atomic mass is 16.2. The molecule has 3 heterocycles. The van der Waals surface area contributed by atoms with E-state index in [1.165, 1.54) is 0 Å². The first-order valence-electron chi connectivity index (χ1n) is 8.67. The predicted molar refractivity (Wildman–Crippen MR) is 91.5 cm³/mol. The molecule has 5 heteroatoms. The zero-order chi connectivity index (χ0) is 16.4. The number of nitrogens with one attached hydrogen (secondary N) is 1. The van der Waals surface area contributed by atoms with Crippen molar-refractivity contribution in [3.05, 3.63) is 59.2 Å². The summed E-state index contributed by atoms with van der Waals surface area (Å²) in [5.74, 6) is 1.58. The molecule has 0 unspecified atom stereocenters. The van der Waals surface area contributed by atoms with Gasteiger partial charge in [-0.25, -0.2) is 9.97 Å². The van der Waals surface area contributed by atoms with Gasteiger partial charge in [-0.3, -0.25) is 4.79 Å². The van der Waals surface area contributed by atoms with Crippen LogP contribution in [0, 0.1) is 0 Å². The molecule has 0 radical (unpaired) electrons. The van der Waals surface area contributed by atoms with Gasteiger partial charge >= 0.3 is 0 Å². The normalized spacial score (nSPS) is 20.0. The third kappa shape index (κ3) is 3.17. The number of benzene rings is 1. The average molecular weight is 322 g/mol. The summed E-state index contributed by atoms with van der Waals surface area (Å²) in [5.41, 5.74) is 3.28. The van der Waals surface area contributed by atoms with Crippen molar-refractivity contribution in [1.82, 2.24) is 20.2 Å². The molecule has 5 nitrogen and oxygen atoms in total. The topological polar surface area (TPSA) is 58.1 Å². The van der Waals surface area contributed by atoms with Crippen LogP contribution in [0.2, 0.25) is 0 Å². The second-order valence-electron chi connectivity index (χ2n) is 6.62. The van der Waals surface area contributed by atoms with Crippen LogP contribution in [0.15, 0.2) is 36.5 Å². The first-order chi connectivity index (χ1) is 11.8. The van der Waals surface area contributed by atoms with Crippen molar-refractivity contribution < 1.29 is 4.79 Å². The summed E-state index contributed by atoms with van der Waals surface area (Å²) in [6.45, 7) is 3.40. The van der Waals surface area contributed by atoms with E-state index in [0.717, 1.165) is 55.1 Å². The monoisotopic (exact) mass is 322 g/mol. The van der Waals surface area contributed by atoms with E-state index in [4.69, 9.17) is 4.98 Å². The molecular weight excluding hydrogens is 300 g/mol. The molecule has 2 aliphatic rings. The van der Waals surface area contributed by atoms with Crippen LogP contribution in [0.1, 0.15) is 35.0 Å². The molecule has 1 saturated heterocycles. The zero-order valence-corrected chi connectivity index (χ0v) is 13.7. The fourth-order valence-corrected chi connectivity index (χ4v) is 3.50. The Labute approximate surface area is 142 Å². The van der Waals surface area contributed by atoms with Gasteiger partial charge in [-0.1, -0.05) is 30.3 Å². The number of aromatic nitrogens is 2. The highest BCUT2D eigenvalue weighted by Gasteiger charge is 2.25. The van der Waals surface area contributed by atoms with Crippen LogP contribution in [0.4, 0.5) is 0 Å². The van der Waals surface area contributed by atoms with Crippen molar-refractivity contribution in [3.63, 3.8) is 0 Å². The Balaban J connectivity index is 1.44. The molecular formula is C19H22N4O. The minimum absolute atomic E-state index is 0.177. The van der Waals surface area contributed by atoms with Crippen molar-refractivity contribution in [2.45, 2.75) is 31.7 Å². The number of nitrogens with zero attached hydrogens (tertiary/aromatic N) is 3. The molecule has 1 aromatic carbocycles. The lowest BCUT2D eigenvalue weighted by atomic mass is 10.0. The number of fused-ring (bicyclic) bond motifs is 1. The molecule has 0 aliphatic carbocycles. The lowest BCUT2D eigenvalue weighted by molar-refractivity contribution is -0.131. The Morgan fingerprint density at radius 3 is 2.96 bits per heavy atom. The number of hydrogen-bond acceptors (Lipinski definition) is 4. The Morgan fingerprint density at radius 2 is 2.17 bits per heavy atom. The van der Waals surface area contributed by atoms with Gasteiger partial charge in [0.25, 0.3) is 0 Å². The van der Waals surface area contributed by atoms with Gasteiger partial charge < -0.3 is 10.2 Å². The van der Waals surface area contributed by atoms with Gasteiger partial charge in [-0.2, -0.15) is 0 Å². The van der Waals surface area contributed by atoms with Crippen molar-refractivity contribution in [3.8, 4) is 0 Å². The molecule has 4 rings (SSSR count). The maximum Gasteiger partial charge on any atom is 0.227 e. The van der Waals surface area contributed by atoms with E-state index in [9.17, 15) is 4.79 Å². The van der Waals surface area contributed by atoms with Crippen molar-refractivity contribution in [1.29, 1.82) is 0 Å². The van der Waals surface area contributed by atoms with E-state index in [1.807, 2.05) is 41.4 Å². The average Bonchev–Trinajstić information content (AvgIpc) is 3.16. The molecule has 0 bridgehead atoms. The molecule has 0 saturated carbocycles. The summed E-state index contributed by atoms with van der Waals surface area (Å²) in [7, 11) is 0. The van der Waals surface area contributed by atoms with E-state index in [0.29, 0.717) is 18.9 Å². The van der Waals surface area contributed by atoms with Crippen LogP contribution >= 0.6 is 0 Å². The van der Waals surface area contributed by atoms with E-state index in [2.05, 4.69) is 10.3 Å². The Kier molecular flexibility index (Phi) is 4.26. The van der Waals surface area contributed by atoms with Gasteiger partial charge in [-0.15, -0.1) is 0 Å². The van der Waals surface area contributed by atoms with E-state index >= 15 is 0 Å². The molecule has 124 valence electrons. The van der Waals surface area contributed by atoms with Gasteiger partial charge in [0.15, 0.2) is 0 Å². The standard InChI is InChI=1S/C19H22N4O/c24-18(10-14-4-2-1-3-5-14)23-9-7-17-16(13-23)12-21-19(22-17)15-6-8-20-11-15/h1-5,12,15,20H,6-11,13H2/t15-/m0/s1. The summed E-state index contributed by atoms with van der Waals surface area (Å²) in [6, 6.07) is 9.92. The predicted octanol–water partition coefficient (Wildman–Crippen LogP) is 1.68. The Morgan fingerprint density at radius 1 is 1.29 bits per heavy atom. The molecule has 2 aromatic rings.